The molecule has 0 fully saturated rings. The Hall–Kier alpha value is -2.06. The zero-order chi connectivity index (χ0) is 66.2. The first-order chi connectivity index (χ1) is 44.5. The molecule has 0 rings (SSSR count). The number of hydrogen-bond donors (Lipinski definition) is 3. The lowest BCUT2D eigenvalue weighted by Crippen LogP contribution is -2.45. The van der Waals surface area contributed by atoms with Gasteiger partial charge in [0.2, 0.25) is 5.91 Å². The van der Waals surface area contributed by atoms with Gasteiger partial charge in [0.15, 0.2) is 0 Å². The summed E-state index contributed by atoms with van der Waals surface area (Å²) in [4.78, 5) is 23.5. The molecule has 0 aromatic heterocycles. The highest BCUT2D eigenvalue weighted by Crippen LogP contribution is 2.43. The van der Waals surface area contributed by atoms with Crippen LogP contribution in [-0.4, -0.2) is 73.4 Å². The molecule has 0 bridgehead atoms. The fourth-order valence-corrected chi connectivity index (χ4v) is 12.8. The monoisotopic (exact) mass is 1300 g/mol. The molecule has 0 aromatic carbocycles. The third-order valence-corrected chi connectivity index (χ3v) is 19.2. The number of phosphoric acid groups is 1. The molecule has 0 heterocycles. The fourth-order valence-electron chi connectivity index (χ4n) is 12.1. The molecule has 0 spiro atoms. The Morgan fingerprint density at radius 1 is 0.385 bits per heavy atom. The average molecular weight is 1300 g/mol. The van der Waals surface area contributed by atoms with Gasteiger partial charge in [-0.2, -0.15) is 0 Å². The number of amides is 1. The molecule has 0 aliphatic heterocycles. The predicted molar refractivity (Wildman–Crippen MR) is 401 cm³/mol. The van der Waals surface area contributed by atoms with Crippen molar-refractivity contribution in [2.75, 3.05) is 40.9 Å². The zero-order valence-corrected chi connectivity index (χ0v) is 62.2. The number of likely N-dealkylation sites (N-methyl/N-ethyl adjacent to an activating group) is 1. The van der Waals surface area contributed by atoms with E-state index in [0.29, 0.717) is 17.4 Å². The van der Waals surface area contributed by atoms with Crippen LogP contribution in [-0.2, 0) is 18.4 Å². The summed E-state index contributed by atoms with van der Waals surface area (Å²) in [6.07, 6.45) is 102. The molecule has 8 nitrogen and oxygen atoms in total. The number of hydrogen-bond acceptors (Lipinski definition) is 5. The summed E-state index contributed by atoms with van der Waals surface area (Å²) in [7, 11) is 1.59. The molecule has 3 unspecified atom stereocenters. The Labute approximate surface area is 567 Å². The van der Waals surface area contributed by atoms with Gasteiger partial charge in [-0.25, -0.2) is 4.57 Å². The number of aliphatic hydroxyl groups excluding tert-OH is 1. The second-order valence-electron chi connectivity index (χ2n) is 28.4. The third-order valence-electron chi connectivity index (χ3n) is 18.2. The van der Waals surface area contributed by atoms with E-state index in [2.05, 4.69) is 79.9 Å². The van der Waals surface area contributed by atoms with E-state index in [4.69, 9.17) is 9.05 Å². The van der Waals surface area contributed by atoms with Crippen molar-refractivity contribution in [3.8, 4) is 0 Å². The van der Waals surface area contributed by atoms with E-state index in [0.717, 1.165) is 70.6 Å². The maximum atomic E-state index is 13.1. The van der Waals surface area contributed by atoms with Crippen molar-refractivity contribution in [2.24, 2.45) is 0 Å². The first-order valence-electron chi connectivity index (χ1n) is 39.8. The predicted octanol–water partition coefficient (Wildman–Crippen LogP) is 26.1. The highest BCUT2D eigenvalue weighted by molar-refractivity contribution is 7.47. The summed E-state index contributed by atoms with van der Waals surface area (Å²) in [6.45, 7) is 4.76. The number of quaternary nitrogens is 1. The van der Waals surface area contributed by atoms with E-state index in [1.165, 1.54) is 302 Å². The third kappa shape index (κ3) is 75.2. The van der Waals surface area contributed by atoms with E-state index < -0.39 is 20.0 Å². The number of nitrogens with one attached hydrogen (secondary N) is 1. The van der Waals surface area contributed by atoms with Gasteiger partial charge in [-0.05, 0) is 64.2 Å². The van der Waals surface area contributed by atoms with Gasteiger partial charge in [-0.1, -0.05) is 395 Å². The highest BCUT2D eigenvalue weighted by Gasteiger charge is 2.28. The van der Waals surface area contributed by atoms with Crippen LogP contribution in [0.5, 0.6) is 0 Å². The van der Waals surface area contributed by atoms with Gasteiger partial charge in [0.1, 0.15) is 13.2 Å². The number of phosphoric ester groups is 1. The van der Waals surface area contributed by atoms with Crippen molar-refractivity contribution < 1.29 is 32.9 Å². The van der Waals surface area contributed by atoms with Gasteiger partial charge in [0, 0.05) is 6.42 Å². The van der Waals surface area contributed by atoms with E-state index >= 15 is 0 Å². The van der Waals surface area contributed by atoms with Crippen LogP contribution in [0.15, 0.2) is 72.9 Å². The number of aliphatic hydroxyl groups is 1. The Bertz CT molecular complexity index is 1720. The Morgan fingerprint density at radius 2 is 0.659 bits per heavy atom. The van der Waals surface area contributed by atoms with Crippen molar-refractivity contribution in [1.82, 2.24) is 5.32 Å². The van der Waals surface area contributed by atoms with E-state index in [1.54, 1.807) is 6.08 Å². The molecule has 0 aromatic rings. The first-order valence-corrected chi connectivity index (χ1v) is 41.3. The van der Waals surface area contributed by atoms with Crippen LogP contribution in [0, 0.1) is 0 Å². The molecule has 0 saturated carbocycles. The summed E-state index contributed by atoms with van der Waals surface area (Å²) in [5.41, 5.74) is 0. The lowest BCUT2D eigenvalue weighted by molar-refractivity contribution is -0.870. The maximum absolute atomic E-state index is 13.1. The lowest BCUT2D eigenvalue weighted by Gasteiger charge is -2.25. The van der Waals surface area contributed by atoms with E-state index in [-0.39, 0.29) is 19.1 Å². The largest absolute Gasteiger partial charge is 0.472 e. The summed E-state index contributed by atoms with van der Waals surface area (Å²) in [5.74, 6) is -0.170. The van der Waals surface area contributed by atoms with Crippen LogP contribution in [0.3, 0.4) is 0 Å². The standard InChI is InChI=1S/C82H155N2O6P/c1-6-8-10-12-14-16-18-20-22-24-26-28-30-32-34-36-38-40-41-42-43-44-46-48-50-52-54-56-58-60-62-64-66-68-70-72-74-76-82(86)83-80(79-90-91(87,88)89-78-77-84(3,4)5)81(85)75-73-71-69-67-65-63-61-59-57-55-53-51-49-47-45-39-37-35-33-31-29-27-25-23-21-19-17-15-13-11-9-7-2/h8,10,14,16,20,22,26,28,32,34,73,75,80-81,85H,6-7,9,11-13,15,17-19,21,23-25,27,29-31,33,35-72,74,76-79H2,1-5H3,(H-,83,86,87,88)/p+1/b10-8-,16-14-,22-20-,28-26-,34-32-,75-73+. The van der Waals surface area contributed by atoms with E-state index in [9.17, 15) is 19.4 Å². The molecule has 1 amide bonds. The van der Waals surface area contributed by atoms with Crippen LogP contribution in [0.4, 0.5) is 0 Å². The Kier molecular flexibility index (Phi) is 70.6. The minimum atomic E-state index is -4.36. The van der Waals surface area contributed by atoms with Crippen molar-refractivity contribution >= 4 is 13.7 Å². The smallest absolute Gasteiger partial charge is 0.387 e. The second-order valence-corrected chi connectivity index (χ2v) is 29.9. The van der Waals surface area contributed by atoms with Gasteiger partial charge < -0.3 is 19.8 Å². The minimum absolute atomic E-state index is 0.0622. The summed E-state index contributed by atoms with van der Waals surface area (Å²) >= 11 is 0. The van der Waals surface area contributed by atoms with Gasteiger partial charge in [-0.15, -0.1) is 0 Å². The van der Waals surface area contributed by atoms with Crippen molar-refractivity contribution in [3.05, 3.63) is 72.9 Å². The number of carbonyl (C=O) groups excluding carboxylic acids is 1. The molecular formula is C82H156N2O6P+. The Balaban J connectivity index is 3.96. The number of allylic oxidation sites excluding steroid dienone is 11. The van der Waals surface area contributed by atoms with Crippen LogP contribution in [0.2, 0.25) is 0 Å². The summed E-state index contributed by atoms with van der Waals surface area (Å²) in [5, 5.41) is 14.1. The Morgan fingerprint density at radius 3 is 0.967 bits per heavy atom. The van der Waals surface area contributed by atoms with Crippen molar-refractivity contribution in [3.63, 3.8) is 0 Å². The van der Waals surface area contributed by atoms with Gasteiger partial charge in [0.05, 0.1) is 39.9 Å². The summed E-state index contributed by atoms with van der Waals surface area (Å²) in [6, 6.07) is -0.850. The van der Waals surface area contributed by atoms with Gasteiger partial charge in [-0.3, -0.25) is 13.8 Å². The lowest BCUT2D eigenvalue weighted by atomic mass is 10.0. The zero-order valence-electron chi connectivity index (χ0n) is 61.3. The molecule has 0 aliphatic rings. The summed E-state index contributed by atoms with van der Waals surface area (Å²) < 4.78 is 23.9. The molecule has 3 N–H and O–H groups in total. The number of unbranched alkanes of at least 4 members (excludes halogenated alkanes) is 51. The molecule has 9 heteroatoms. The molecule has 91 heavy (non-hydrogen) atoms. The van der Waals surface area contributed by atoms with Gasteiger partial charge >= 0.3 is 7.82 Å². The average Bonchev–Trinajstić information content (AvgIpc) is 3.42. The molecule has 0 saturated heterocycles. The van der Waals surface area contributed by atoms with Crippen LogP contribution < -0.4 is 5.32 Å². The number of carbonyl (C=O) groups is 1. The topological polar surface area (TPSA) is 105 Å². The normalized spacial score (nSPS) is 13.9. The SMILES string of the molecule is CC/C=C\C/C=C\C/C=C\C/C=C\C/C=C\CCCCCCCCCCCCCCCCCCCCCCCC(=O)NC(COP(=O)(O)OCC[N+](C)(C)C)C(O)/C=C/CCCCCCCCCCCCCCCCCCCCCCCCCCCCCCCC. The first kappa shape index (κ1) is 88.9. The highest BCUT2D eigenvalue weighted by atomic mass is 31.2. The van der Waals surface area contributed by atoms with Crippen molar-refractivity contribution in [2.45, 2.75) is 405 Å². The maximum Gasteiger partial charge on any atom is 0.472 e. The van der Waals surface area contributed by atoms with Gasteiger partial charge in [0.25, 0.3) is 0 Å². The van der Waals surface area contributed by atoms with Crippen LogP contribution in [0.25, 0.3) is 0 Å². The van der Waals surface area contributed by atoms with E-state index in [1.807, 2.05) is 27.2 Å². The minimum Gasteiger partial charge on any atom is -0.387 e. The fraction of sp³-hybridized carbons (Fsp3) is 0.841. The second kappa shape index (κ2) is 72.2. The molecular weight excluding hydrogens is 1140 g/mol. The van der Waals surface area contributed by atoms with Crippen molar-refractivity contribution in [1.29, 1.82) is 0 Å². The number of nitrogens with zero attached hydrogens (tertiary/aromatic N) is 1. The molecule has 534 valence electrons. The van der Waals surface area contributed by atoms with Crippen LogP contribution in [0.1, 0.15) is 393 Å². The quantitative estimate of drug-likeness (QED) is 0.0243. The molecule has 0 aliphatic carbocycles. The molecule has 3 atom stereocenters. The van der Waals surface area contributed by atoms with Crippen LogP contribution >= 0.6 is 7.82 Å². The number of rotatable bonds is 74. The molecule has 0 radical (unpaired) electrons.